The minimum Gasteiger partial charge on any atom is -0.408 e. The summed E-state index contributed by atoms with van der Waals surface area (Å²) in [6, 6.07) is 2.91. The molecular formula is C9H6F3NO2. The van der Waals surface area contributed by atoms with Crippen LogP contribution in [0.2, 0.25) is 0 Å². The Kier molecular flexibility index (Phi) is 1.89. The number of aromatic nitrogens is 1. The van der Waals surface area contributed by atoms with Crippen LogP contribution in [0.3, 0.4) is 0 Å². The quantitative estimate of drug-likeness (QED) is 0.677. The second-order valence-corrected chi connectivity index (χ2v) is 3.11. The lowest BCUT2D eigenvalue weighted by Gasteiger charge is -2.05. The summed E-state index contributed by atoms with van der Waals surface area (Å²) in [5, 5.41) is 0. The molecule has 15 heavy (non-hydrogen) atoms. The fourth-order valence-electron chi connectivity index (χ4n) is 1.30. The first-order valence-electron chi connectivity index (χ1n) is 4.06. The number of hydrogen-bond acceptors (Lipinski definition) is 2. The fraction of sp³-hybridized carbons (Fsp3) is 0.222. The number of hydrogen-bond donors (Lipinski definition) is 0. The smallest absolute Gasteiger partial charge is 0.408 e. The van der Waals surface area contributed by atoms with Crippen LogP contribution >= 0.6 is 0 Å². The molecule has 2 aromatic rings. The van der Waals surface area contributed by atoms with Gasteiger partial charge in [0.05, 0.1) is 11.1 Å². The van der Waals surface area contributed by atoms with E-state index in [4.69, 9.17) is 4.42 Å². The van der Waals surface area contributed by atoms with Gasteiger partial charge in [-0.1, -0.05) is 0 Å². The lowest BCUT2D eigenvalue weighted by molar-refractivity contribution is -0.137. The minimum absolute atomic E-state index is 0.134. The molecule has 1 heterocycles. The highest BCUT2D eigenvalue weighted by atomic mass is 19.4. The van der Waals surface area contributed by atoms with Gasteiger partial charge in [0, 0.05) is 7.05 Å². The van der Waals surface area contributed by atoms with E-state index in [1.165, 1.54) is 7.05 Å². The van der Waals surface area contributed by atoms with Crippen LogP contribution in [0.25, 0.3) is 11.1 Å². The van der Waals surface area contributed by atoms with Gasteiger partial charge >= 0.3 is 11.9 Å². The van der Waals surface area contributed by atoms with Crippen molar-refractivity contribution in [2.24, 2.45) is 7.05 Å². The molecule has 0 saturated carbocycles. The number of alkyl halides is 3. The Morgan fingerprint density at radius 3 is 2.60 bits per heavy atom. The molecule has 0 fully saturated rings. The maximum absolute atomic E-state index is 12.3. The minimum atomic E-state index is -4.42. The molecule has 0 saturated heterocycles. The summed E-state index contributed by atoms with van der Waals surface area (Å²) in [4.78, 5) is 11.0. The molecule has 0 radical (unpaired) electrons. The molecule has 0 aliphatic carbocycles. The molecule has 0 bridgehead atoms. The van der Waals surface area contributed by atoms with Gasteiger partial charge in [-0.3, -0.25) is 4.57 Å². The van der Waals surface area contributed by atoms with E-state index in [1.807, 2.05) is 0 Å². The Bertz CT molecular complexity index is 565. The average Bonchev–Trinajstić information content (AvgIpc) is 2.41. The molecule has 0 aliphatic heterocycles. The largest absolute Gasteiger partial charge is 0.419 e. The molecule has 1 aromatic heterocycles. The van der Waals surface area contributed by atoms with Crippen molar-refractivity contribution in [2.45, 2.75) is 6.18 Å². The van der Waals surface area contributed by atoms with Crippen molar-refractivity contribution < 1.29 is 17.6 Å². The van der Waals surface area contributed by atoms with E-state index < -0.39 is 17.5 Å². The van der Waals surface area contributed by atoms with Gasteiger partial charge in [-0.15, -0.1) is 0 Å². The zero-order chi connectivity index (χ0) is 11.2. The van der Waals surface area contributed by atoms with Gasteiger partial charge in [-0.2, -0.15) is 13.2 Å². The molecule has 0 spiro atoms. The predicted octanol–water partition coefficient (Wildman–Crippen LogP) is 2.15. The van der Waals surface area contributed by atoms with Crippen LogP contribution < -0.4 is 5.76 Å². The molecular weight excluding hydrogens is 211 g/mol. The van der Waals surface area contributed by atoms with Crippen LogP contribution in [0.4, 0.5) is 13.2 Å². The standard InChI is InChI=1S/C9H6F3NO2/c1-13-6-4-5(9(10,11)12)2-3-7(6)15-8(13)14/h2-4H,1H3. The van der Waals surface area contributed by atoms with Crippen molar-refractivity contribution in [3.8, 4) is 0 Å². The van der Waals surface area contributed by atoms with Gasteiger partial charge < -0.3 is 4.42 Å². The van der Waals surface area contributed by atoms with Crippen LogP contribution in [0.1, 0.15) is 5.56 Å². The topological polar surface area (TPSA) is 35.1 Å². The van der Waals surface area contributed by atoms with Crippen molar-refractivity contribution in [2.75, 3.05) is 0 Å². The predicted molar refractivity (Wildman–Crippen MR) is 46.5 cm³/mol. The highest BCUT2D eigenvalue weighted by Crippen LogP contribution is 2.30. The van der Waals surface area contributed by atoms with Gasteiger partial charge in [0.25, 0.3) is 0 Å². The van der Waals surface area contributed by atoms with Gasteiger partial charge in [0.15, 0.2) is 5.58 Å². The summed E-state index contributed by atoms with van der Waals surface area (Å²) in [6.45, 7) is 0. The third-order valence-corrected chi connectivity index (χ3v) is 2.12. The van der Waals surface area contributed by atoms with E-state index in [-0.39, 0.29) is 11.1 Å². The molecule has 2 rings (SSSR count). The number of fused-ring (bicyclic) bond motifs is 1. The van der Waals surface area contributed by atoms with Crippen molar-refractivity contribution >= 4 is 11.1 Å². The first-order valence-corrected chi connectivity index (χ1v) is 4.06. The fourth-order valence-corrected chi connectivity index (χ4v) is 1.30. The van der Waals surface area contributed by atoms with E-state index in [2.05, 4.69) is 0 Å². The highest BCUT2D eigenvalue weighted by molar-refractivity contribution is 5.73. The molecule has 3 nitrogen and oxygen atoms in total. The molecule has 0 unspecified atom stereocenters. The number of halogens is 3. The molecule has 1 aromatic carbocycles. The first-order chi connectivity index (χ1) is 6.89. The van der Waals surface area contributed by atoms with E-state index in [1.54, 1.807) is 0 Å². The number of aryl methyl sites for hydroxylation is 1. The average molecular weight is 217 g/mol. The van der Waals surface area contributed by atoms with Gasteiger partial charge in [0.2, 0.25) is 0 Å². The zero-order valence-electron chi connectivity index (χ0n) is 7.63. The summed E-state index contributed by atoms with van der Waals surface area (Å²) in [6.07, 6.45) is -4.42. The van der Waals surface area contributed by atoms with Gasteiger partial charge in [-0.05, 0) is 18.2 Å². The van der Waals surface area contributed by atoms with Crippen LogP contribution in [0, 0.1) is 0 Å². The normalized spacial score (nSPS) is 12.3. The molecule has 0 aliphatic rings. The van der Waals surface area contributed by atoms with Crippen molar-refractivity contribution in [3.05, 3.63) is 34.3 Å². The number of benzene rings is 1. The van der Waals surface area contributed by atoms with Crippen LogP contribution in [-0.4, -0.2) is 4.57 Å². The van der Waals surface area contributed by atoms with Crippen molar-refractivity contribution in [1.82, 2.24) is 4.57 Å². The Labute approximate surface area is 81.7 Å². The Morgan fingerprint density at radius 1 is 1.33 bits per heavy atom. The first kappa shape index (κ1) is 9.82. The molecule has 0 amide bonds. The van der Waals surface area contributed by atoms with E-state index in [0.29, 0.717) is 0 Å². The van der Waals surface area contributed by atoms with Crippen molar-refractivity contribution in [1.29, 1.82) is 0 Å². The third kappa shape index (κ3) is 1.51. The van der Waals surface area contributed by atoms with Crippen LogP contribution in [0.5, 0.6) is 0 Å². The van der Waals surface area contributed by atoms with E-state index in [9.17, 15) is 18.0 Å². The maximum Gasteiger partial charge on any atom is 0.419 e. The summed E-state index contributed by atoms with van der Waals surface area (Å²) in [7, 11) is 1.36. The second kappa shape index (κ2) is 2.88. The highest BCUT2D eigenvalue weighted by Gasteiger charge is 2.31. The summed E-state index contributed by atoms with van der Waals surface area (Å²) >= 11 is 0. The summed E-state index contributed by atoms with van der Waals surface area (Å²) in [5.41, 5.74) is -0.517. The Morgan fingerprint density at radius 2 is 2.00 bits per heavy atom. The van der Waals surface area contributed by atoms with Gasteiger partial charge in [0.1, 0.15) is 0 Å². The Balaban J connectivity index is 2.75. The lowest BCUT2D eigenvalue weighted by atomic mass is 10.2. The summed E-state index contributed by atoms with van der Waals surface area (Å²) in [5.74, 6) is -0.677. The molecule has 80 valence electrons. The van der Waals surface area contributed by atoms with E-state index in [0.717, 1.165) is 22.8 Å². The molecule has 6 heteroatoms. The maximum atomic E-state index is 12.3. The molecule has 0 atom stereocenters. The number of nitrogens with zero attached hydrogens (tertiary/aromatic N) is 1. The number of rotatable bonds is 0. The van der Waals surface area contributed by atoms with E-state index >= 15 is 0 Å². The second-order valence-electron chi connectivity index (χ2n) is 3.11. The third-order valence-electron chi connectivity index (χ3n) is 2.12. The van der Waals surface area contributed by atoms with Gasteiger partial charge in [-0.25, -0.2) is 4.79 Å². The number of oxazole rings is 1. The van der Waals surface area contributed by atoms with Crippen LogP contribution in [0.15, 0.2) is 27.4 Å². The molecule has 0 N–H and O–H groups in total. The van der Waals surface area contributed by atoms with Crippen LogP contribution in [-0.2, 0) is 13.2 Å². The van der Waals surface area contributed by atoms with Crippen molar-refractivity contribution in [3.63, 3.8) is 0 Å². The summed E-state index contributed by atoms with van der Waals surface area (Å²) < 4.78 is 42.7. The lowest BCUT2D eigenvalue weighted by Crippen LogP contribution is -2.09. The zero-order valence-corrected chi connectivity index (χ0v) is 7.63. The monoisotopic (exact) mass is 217 g/mol. The Hall–Kier alpha value is -1.72. The SMILES string of the molecule is Cn1c(=O)oc2ccc(C(F)(F)F)cc21.